The Bertz CT molecular complexity index is 264. The fourth-order valence-electron chi connectivity index (χ4n) is 1.34. The van der Waals surface area contributed by atoms with Crippen LogP contribution in [0.1, 0.15) is 23.9 Å². The van der Waals surface area contributed by atoms with E-state index in [9.17, 15) is 0 Å². The summed E-state index contributed by atoms with van der Waals surface area (Å²) in [7, 11) is 1.70. The van der Waals surface area contributed by atoms with E-state index in [1.54, 1.807) is 7.11 Å². The van der Waals surface area contributed by atoms with Crippen molar-refractivity contribution in [3.63, 3.8) is 0 Å². The second-order valence-corrected chi connectivity index (χ2v) is 3.54. The molecule has 0 spiro atoms. The Morgan fingerprint density at radius 2 is 2.21 bits per heavy atom. The maximum absolute atomic E-state index is 5.07. The standard InChI is InChI=1S/C10H18N2O2/c1-7(6-13-4)11-5-10-8(2)12-14-9(10)3/h7,11H,5-6H2,1-4H3. The van der Waals surface area contributed by atoms with Gasteiger partial charge in [0.1, 0.15) is 5.76 Å². The van der Waals surface area contributed by atoms with Crippen LogP contribution in [0.5, 0.6) is 0 Å². The van der Waals surface area contributed by atoms with Crippen LogP contribution in [0.2, 0.25) is 0 Å². The molecule has 1 N–H and O–H groups in total. The number of methoxy groups -OCH3 is 1. The molecule has 0 aliphatic heterocycles. The van der Waals surface area contributed by atoms with Gasteiger partial charge in [-0.05, 0) is 20.8 Å². The Morgan fingerprint density at radius 1 is 1.50 bits per heavy atom. The molecular weight excluding hydrogens is 180 g/mol. The van der Waals surface area contributed by atoms with Crippen LogP contribution >= 0.6 is 0 Å². The molecule has 0 aromatic carbocycles. The molecule has 0 saturated heterocycles. The summed E-state index contributed by atoms with van der Waals surface area (Å²) >= 11 is 0. The zero-order valence-electron chi connectivity index (χ0n) is 9.26. The fourth-order valence-corrected chi connectivity index (χ4v) is 1.34. The number of hydrogen-bond donors (Lipinski definition) is 1. The minimum absolute atomic E-state index is 0.341. The molecule has 0 aliphatic carbocycles. The van der Waals surface area contributed by atoms with E-state index in [1.807, 2.05) is 13.8 Å². The molecule has 0 amide bonds. The van der Waals surface area contributed by atoms with Gasteiger partial charge in [0.2, 0.25) is 0 Å². The van der Waals surface area contributed by atoms with E-state index in [4.69, 9.17) is 9.26 Å². The van der Waals surface area contributed by atoms with Crippen LogP contribution in [0.3, 0.4) is 0 Å². The summed E-state index contributed by atoms with van der Waals surface area (Å²) in [6.45, 7) is 7.46. The Balaban J connectivity index is 2.45. The predicted molar refractivity (Wildman–Crippen MR) is 54.2 cm³/mol. The lowest BCUT2D eigenvalue weighted by Crippen LogP contribution is -2.29. The molecule has 4 nitrogen and oxygen atoms in total. The van der Waals surface area contributed by atoms with Gasteiger partial charge in [0.15, 0.2) is 0 Å². The summed E-state index contributed by atoms with van der Waals surface area (Å²) in [5.41, 5.74) is 2.10. The molecule has 0 radical (unpaired) electrons. The average Bonchev–Trinajstić information content (AvgIpc) is 2.44. The molecule has 0 aliphatic rings. The number of rotatable bonds is 5. The molecule has 1 atom stereocenters. The van der Waals surface area contributed by atoms with Crippen LogP contribution in [0.4, 0.5) is 0 Å². The molecule has 14 heavy (non-hydrogen) atoms. The lowest BCUT2D eigenvalue weighted by molar-refractivity contribution is 0.171. The van der Waals surface area contributed by atoms with Crippen LogP contribution in [-0.2, 0) is 11.3 Å². The summed E-state index contributed by atoms with van der Waals surface area (Å²) in [5, 5.41) is 7.24. The fraction of sp³-hybridized carbons (Fsp3) is 0.700. The smallest absolute Gasteiger partial charge is 0.138 e. The predicted octanol–water partition coefficient (Wildman–Crippen LogP) is 1.42. The van der Waals surface area contributed by atoms with E-state index in [1.165, 1.54) is 0 Å². The van der Waals surface area contributed by atoms with Gasteiger partial charge < -0.3 is 14.6 Å². The molecule has 4 heteroatoms. The van der Waals surface area contributed by atoms with Gasteiger partial charge in [0.25, 0.3) is 0 Å². The quantitative estimate of drug-likeness (QED) is 0.777. The molecule has 1 unspecified atom stereocenters. The van der Waals surface area contributed by atoms with Gasteiger partial charge in [-0.25, -0.2) is 0 Å². The van der Waals surface area contributed by atoms with Gasteiger partial charge in [-0.2, -0.15) is 0 Å². The van der Waals surface area contributed by atoms with Gasteiger partial charge >= 0.3 is 0 Å². The Hall–Kier alpha value is -0.870. The normalized spacial score (nSPS) is 13.1. The topological polar surface area (TPSA) is 47.3 Å². The van der Waals surface area contributed by atoms with Crippen LogP contribution in [0.25, 0.3) is 0 Å². The van der Waals surface area contributed by atoms with E-state index < -0.39 is 0 Å². The molecule has 0 saturated carbocycles. The Kier molecular flexibility index (Phi) is 4.10. The molecule has 1 aromatic heterocycles. The molecule has 0 bridgehead atoms. The van der Waals surface area contributed by atoms with Crippen LogP contribution in [0.15, 0.2) is 4.52 Å². The number of aromatic nitrogens is 1. The van der Waals surface area contributed by atoms with Crippen molar-refractivity contribution in [3.8, 4) is 0 Å². The number of ether oxygens (including phenoxy) is 1. The first-order valence-corrected chi connectivity index (χ1v) is 4.79. The monoisotopic (exact) mass is 198 g/mol. The molecule has 1 rings (SSSR count). The minimum Gasteiger partial charge on any atom is -0.383 e. The highest BCUT2D eigenvalue weighted by Gasteiger charge is 2.09. The third kappa shape index (κ3) is 2.82. The summed E-state index contributed by atoms with van der Waals surface area (Å²) in [6.07, 6.45) is 0. The highest BCUT2D eigenvalue weighted by molar-refractivity contribution is 5.20. The van der Waals surface area contributed by atoms with Crippen molar-refractivity contribution in [3.05, 3.63) is 17.0 Å². The van der Waals surface area contributed by atoms with Gasteiger partial charge in [0, 0.05) is 25.3 Å². The van der Waals surface area contributed by atoms with E-state index in [0.717, 1.165) is 23.6 Å². The van der Waals surface area contributed by atoms with E-state index in [0.29, 0.717) is 12.6 Å². The zero-order chi connectivity index (χ0) is 10.6. The van der Waals surface area contributed by atoms with Gasteiger partial charge in [-0.15, -0.1) is 0 Å². The van der Waals surface area contributed by atoms with E-state index in [2.05, 4.69) is 17.4 Å². The molecule has 1 aromatic rings. The highest BCUT2D eigenvalue weighted by atomic mass is 16.5. The van der Waals surface area contributed by atoms with E-state index in [-0.39, 0.29) is 0 Å². The number of nitrogens with one attached hydrogen (secondary N) is 1. The molecular formula is C10H18N2O2. The summed E-state index contributed by atoms with van der Waals surface area (Å²) in [6, 6.07) is 0.341. The maximum Gasteiger partial charge on any atom is 0.138 e. The van der Waals surface area contributed by atoms with Crippen LogP contribution in [-0.4, -0.2) is 24.9 Å². The lowest BCUT2D eigenvalue weighted by Gasteiger charge is -2.11. The number of nitrogens with zero attached hydrogens (tertiary/aromatic N) is 1. The van der Waals surface area contributed by atoms with Crippen molar-refractivity contribution < 1.29 is 9.26 Å². The number of hydrogen-bond acceptors (Lipinski definition) is 4. The van der Waals surface area contributed by atoms with Crippen LogP contribution in [0, 0.1) is 13.8 Å². The molecule has 1 heterocycles. The minimum atomic E-state index is 0.341. The van der Waals surface area contributed by atoms with Crippen molar-refractivity contribution in [1.29, 1.82) is 0 Å². The first kappa shape index (κ1) is 11.2. The largest absolute Gasteiger partial charge is 0.383 e. The summed E-state index contributed by atoms with van der Waals surface area (Å²) < 4.78 is 10.1. The van der Waals surface area contributed by atoms with E-state index >= 15 is 0 Å². The van der Waals surface area contributed by atoms with Crippen molar-refractivity contribution in [2.45, 2.75) is 33.4 Å². The summed E-state index contributed by atoms with van der Waals surface area (Å²) in [5.74, 6) is 0.889. The van der Waals surface area contributed by atoms with Crippen LogP contribution < -0.4 is 5.32 Å². The number of aryl methyl sites for hydroxylation is 2. The zero-order valence-corrected chi connectivity index (χ0v) is 9.26. The van der Waals surface area contributed by atoms with Gasteiger partial charge in [-0.1, -0.05) is 5.16 Å². The average molecular weight is 198 g/mol. The van der Waals surface area contributed by atoms with Gasteiger partial charge in [0.05, 0.1) is 12.3 Å². The first-order chi connectivity index (χ1) is 6.65. The SMILES string of the molecule is COCC(C)NCc1c(C)noc1C. The third-order valence-corrected chi connectivity index (χ3v) is 2.23. The lowest BCUT2D eigenvalue weighted by atomic mass is 10.2. The second kappa shape index (κ2) is 5.12. The second-order valence-electron chi connectivity index (χ2n) is 3.54. The molecule has 0 fully saturated rings. The Labute approximate surface area is 84.6 Å². The van der Waals surface area contributed by atoms with Crippen molar-refractivity contribution >= 4 is 0 Å². The maximum atomic E-state index is 5.07. The summed E-state index contributed by atoms with van der Waals surface area (Å²) in [4.78, 5) is 0. The van der Waals surface area contributed by atoms with Crippen molar-refractivity contribution in [2.75, 3.05) is 13.7 Å². The first-order valence-electron chi connectivity index (χ1n) is 4.79. The highest BCUT2D eigenvalue weighted by Crippen LogP contribution is 2.11. The van der Waals surface area contributed by atoms with Gasteiger partial charge in [-0.3, -0.25) is 0 Å². The van der Waals surface area contributed by atoms with Crippen molar-refractivity contribution in [1.82, 2.24) is 10.5 Å². The Morgan fingerprint density at radius 3 is 2.71 bits per heavy atom. The van der Waals surface area contributed by atoms with Crippen molar-refractivity contribution in [2.24, 2.45) is 0 Å². The molecule has 80 valence electrons. The third-order valence-electron chi connectivity index (χ3n) is 2.23.